The molecule has 0 aliphatic carbocycles. The Morgan fingerprint density at radius 3 is 2.45 bits per heavy atom. The van der Waals surface area contributed by atoms with E-state index in [0.29, 0.717) is 15.2 Å². The lowest BCUT2D eigenvalue weighted by molar-refractivity contribution is -0.136. The minimum absolute atomic E-state index is 0.273. The van der Waals surface area contributed by atoms with Crippen molar-refractivity contribution < 1.29 is 13.2 Å². The van der Waals surface area contributed by atoms with Gasteiger partial charge in [0.05, 0.1) is 11.3 Å². The third-order valence-electron chi connectivity index (χ3n) is 2.57. The fraction of sp³-hybridized carbons (Fsp3) is 0.0769. The van der Waals surface area contributed by atoms with E-state index in [2.05, 4.69) is 21.2 Å². The van der Waals surface area contributed by atoms with Gasteiger partial charge in [0, 0.05) is 20.9 Å². The van der Waals surface area contributed by atoms with Crippen molar-refractivity contribution >= 4 is 44.6 Å². The summed E-state index contributed by atoms with van der Waals surface area (Å²) in [6.07, 6.45) is -4.49. The van der Waals surface area contributed by atoms with Crippen molar-refractivity contribution in [1.29, 1.82) is 0 Å². The van der Waals surface area contributed by atoms with Gasteiger partial charge in [-0.15, -0.1) is 0 Å². The fourth-order valence-corrected chi connectivity index (χ4v) is 2.15. The zero-order chi connectivity index (χ0) is 14.9. The molecule has 3 N–H and O–H groups in total. The molecule has 106 valence electrons. The maximum Gasteiger partial charge on any atom is 0.418 e. The number of hydrogen-bond donors (Lipinski definition) is 2. The van der Waals surface area contributed by atoms with Crippen LogP contribution in [0.15, 0.2) is 40.9 Å². The lowest BCUT2D eigenvalue weighted by Crippen LogP contribution is -2.09. The minimum atomic E-state index is -4.49. The van der Waals surface area contributed by atoms with Crippen LogP contribution in [0.1, 0.15) is 5.56 Å². The van der Waals surface area contributed by atoms with Crippen LogP contribution in [-0.2, 0) is 6.18 Å². The monoisotopic (exact) mass is 364 g/mol. The number of hydrogen-bond acceptors (Lipinski definition) is 2. The molecule has 0 unspecified atom stereocenters. The van der Waals surface area contributed by atoms with Crippen LogP contribution in [-0.4, -0.2) is 0 Å². The SMILES string of the molecule is Nc1ccc(Nc2cc(Cl)ccc2Br)cc1C(F)(F)F. The van der Waals surface area contributed by atoms with Crippen molar-refractivity contribution in [3.8, 4) is 0 Å². The highest BCUT2D eigenvalue weighted by molar-refractivity contribution is 9.10. The number of nitrogens with two attached hydrogens (primary N) is 1. The van der Waals surface area contributed by atoms with Gasteiger partial charge in [0.15, 0.2) is 0 Å². The lowest BCUT2D eigenvalue weighted by atomic mass is 10.1. The standard InChI is InChI=1S/C13H9BrClF3N2/c14-10-3-1-7(15)5-12(10)20-8-2-4-11(19)9(6-8)13(16,17)18/h1-6,20H,19H2. The molecule has 0 spiro atoms. The van der Waals surface area contributed by atoms with Gasteiger partial charge in [-0.05, 0) is 52.3 Å². The third kappa shape index (κ3) is 3.37. The summed E-state index contributed by atoms with van der Waals surface area (Å²) in [5.41, 5.74) is 5.00. The molecule has 0 radical (unpaired) electrons. The molecule has 2 nitrogen and oxygen atoms in total. The molecule has 0 saturated heterocycles. The average Bonchev–Trinajstić information content (AvgIpc) is 2.35. The third-order valence-corrected chi connectivity index (χ3v) is 3.49. The van der Waals surface area contributed by atoms with Crippen LogP contribution in [0, 0.1) is 0 Å². The molecule has 0 heterocycles. The molecule has 2 aromatic carbocycles. The molecule has 0 atom stereocenters. The molecule has 0 amide bonds. The summed E-state index contributed by atoms with van der Waals surface area (Å²) in [6, 6.07) is 8.62. The van der Waals surface area contributed by atoms with Gasteiger partial charge < -0.3 is 11.1 Å². The summed E-state index contributed by atoms with van der Waals surface area (Å²) in [6.45, 7) is 0. The Labute approximate surface area is 126 Å². The predicted octanol–water partition coefficient (Wildman–Crippen LogP) is 5.45. The van der Waals surface area contributed by atoms with Crippen molar-refractivity contribution in [2.24, 2.45) is 0 Å². The summed E-state index contributed by atoms with van der Waals surface area (Å²) >= 11 is 9.14. The predicted molar refractivity (Wildman–Crippen MR) is 78.3 cm³/mol. The summed E-state index contributed by atoms with van der Waals surface area (Å²) in [5, 5.41) is 3.34. The van der Waals surface area contributed by atoms with E-state index < -0.39 is 11.7 Å². The molecule has 0 aromatic heterocycles. The highest BCUT2D eigenvalue weighted by Crippen LogP contribution is 2.36. The van der Waals surface area contributed by atoms with Gasteiger partial charge in [-0.1, -0.05) is 11.6 Å². The van der Waals surface area contributed by atoms with E-state index in [-0.39, 0.29) is 11.4 Å². The highest BCUT2D eigenvalue weighted by atomic mass is 79.9. The summed E-state index contributed by atoms with van der Waals surface area (Å²) in [4.78, 5) is 0. The van der Waals surface area contributed by atoms with Gasteiger partial charge >= 0.3 is 6.18 Å². The van der Waals surface area contributed by atoms with E-state index in [4.69, 9.17) is 17.3 Å². The van der Waals surface area contributed by atoms with Gasteiger partial charge in [-0.2, -0.15) is 13.2 Å². The molecule has 0 fully saturated rings. The van der Waals surface area contributed by atoms with E-state index >= 15 is 0 Å². The zero-order valence-corrected chi connectivity index (χ0v) is 12.3. The molecule has 0 aliphatic rings. The van der Waals surface area contributed by atoms with Gasteiger partial charge in [0.2, 0.25) is 0 Å². The van der Waals surface area contributed by atoms with Crippen LogP contribution < -0.4 is 11.1 Å². The quantitative estimate of drug-likeness (QED) is 0.695. The second kappa shape index (κ2) is 5.54. The Kier molecular flexibility index (Phi) is 4.15. The van der Waals surface area contributed by atoms with Crippen LogP contribution in [0.3, 0.4) is 0 Å². The van der Waals surface area contributed by atoms with Gasteiger partial charge in [0.1, 0.15) is 0 Å². The van der Waals surface area contributed by atoms with Gasteiger partial charge in [-0.3, -0.25) is 0 Å². The first kappa shape index (κ1) is 15.0. The molecule has 0 bridgehead atoms. The van der Waals surface area contributed by atoms with Gasteiger partial charge in [0.25, 0.3) is 0 Å². The molecular weight excluding hydrogens is 357 g/mol. The van der Waals surface area contributed by atoms with E-state index in [9.17, 15) is 13.2 Å². The topological polar surface area (TPSA) is 38.0 Å². The van der Waals surface area contributed by atoms with Crippen molar-refractivity contribution in [1.82, 2.24) is 0 Å². The summed E-state index contributed by atoms with van der Waals surface area (Å²) in [7, 11) is 0. The van der Waals surface area contributed by atoms with Crippen molar-refractivity contribution in [3.63, 3.8) is 0 Å². The van der Waals surface area contributed by atoms with Gasteiger partial charge in [-0.25, -0.2) is 0 Å². The molecule has 7 heteroatoms. The first-order chi connectivity index (χ1) is 9.27. The largest absolute Gasteiger partial charge is 0.418 e. The Morgan fingerprint density at radius 1 is 1.10 bits per heavy atom. The Morgan fingerprint density at radius 2 is 1.80 bits per heavy atom. The van der Waals surface area contributed by atoms with Crippen molar-refractivity contribution in [2.75, 3.05) is 11.1 Å². The van der Waals surface area contributed by atoms with Crippen LogP contribution in [0.4, 0.5) is 30.2 Å². The Bertz CT molecular complexity index is 644. The van der Waals surface area contributed by atoms with Crippen LogP contribution >= 0.6 is 27.5 Å². The van der Waals surface area contributed by atoms with Crippen LogP contribution in [0.25, 0.3) is 0 Å². The normalized spacial score (nSPS) is 11.4. The number of nitrogen functional groups attached to an aromatic ring is 1. The van der Waals surface area contributed by atoms with E-state index in [1.807, 2.05) is 0 Å². The Balaban J connectivity index is 2.37. The highest BCUT2D eigenvalue weighted by Gasteiger charge is 2.33. The van der Waals surface area contributed by atoms with Crippen molar-refractivity contribution in [3.05, 3.63) is 51.5 Å². The number of alkyl halides is 3. The number of halogens is 5. The lowest BCUT2D eigenvalue weighted by Gasteiger charge is -2.14. The second-order valence-corrected chi connectivity index (χ2v) is 5.34. The maximum absolute atomic E-state index is 12.8. The van der Waals surface area contributed by atoms with Crippen LogP contribution in [0.2, 0.25) is 5.02 Å². The van der Waals surface area contributed by atoms with E-state index in [1.54, 1.807) is 18.2 Å². The summed E-state index contributed by atoms with van der Waals surface area (Å²) in [5.74, 6) is 0. The second-order valence-electron chi connectivity index (χ2n) is 4.05. The van der Waals surface area contributed by atoms with E-state index in [1.165, 1.54) is 12.1 Å². The summed E-state index contributed by atoms with van der Waals surface area (Å²) < 4.78 is 39.0. The van der Waals surface area contributed by atoms with Crippen molar-refractivity contribution in [2.45, 2.75) is 6.18 Å². The fourth-order valence-electron chi connectivity index (χ4n) is 1.63. The molecule has 2 rings (SSSR count). The number of benzene rings is 2. The molecule has 0 aliphatic heterocycles. The van der Waals surface area contributed by atoms with Crippen LogP contribution in [0.5, 0.6) is 0 Å². The number of rotatable bonds is 2. The smallest absolute Gasteiger partial charge is 0.398 e. The van der Waals surface area contributed by atoms with E-state index in [0.717, 1.165) is 6.07 Å². The molecule has 20 heavy (non-hydrogen) atoms. The average molecular weight is 366 g/mol. The molecule has 2 aromatic rings. The Hall–Kier alpha value is -1.40. The first-order valence-corrected chi connectivity index (χ1v) is 6.63. The maximum atomic E-state index is 12.8. The number of anilines is 3. The zero-order valence-electron chi connectivity index (χ0n) is 9.93. The minimum Gasteiger partial charge on any atom is -0.398 e. The number of nitrogens with one attached hydrogen (secondary N) is 1. The molecule has 0 saturated carbocycles. The first-order valence-electron chi connectivity index (χ1n) is 5.46. The molecular formula is C13H9BrClF3N2.